The van der Waals surface area contributed by atoms with Gasteiger partial charge in [-0.3, -0.25) is 14.6 Å². The van der Waals surface area contributed by atoms with Crippen molar-refractivity contribution < 1.29 is 9.59 Å². The van der Waals surface area contributed by atoms with Crippen LogP contribution >= 0.6 is 22.6 Å². The Labute approximate surface area is 214 Å². The lowest BCUT2D eigenvalue weighted by Gasteiger charge is -2.20. The van der Waals surface area contributed by atoms with Crippen molar-refractivity contribution in [2.24, 2.45) is 10.7 Å². The third kappa shape index (κ3) is 7.36. The Morgan fingerprint density at radius 2 is 1.79 bits per heavy atom. The van der Waals surface area contributed by atoms with Crippen molar-refractivity contribution in [1.82, 2.24) is 5.32 Å². The smallest absolute Gasteiger partial charge is 0.255 e. The fourth-order valence-corrected chi connectivity index (χ4v) is 4.33. The van der Waals surface area contributed by atoms with Crippen molar-refractivity contribution in [2.45, 2.75) is 45.6 Å². The van der Waals surface area contributed by atoms with E-state index in [-0.39, 0.29) is 24.0 Å². The third-order valence-corrected chi connectivity index (χ3v) is 6.11. The van der Waals surface area contributed by atoms with E-state index in [2.05, 4.69) is 50.4 Å². The molecule has 2 aromatic rings. The van der Waals surface area contributed by atoms with Gasteiger partial charge in [0.1, 0.15) is 0 Å². The third-order valence-electron chi connectivity index (χ3n) is 5.17. The number of amides is 2. The van der Waals surface area contributed by atoms with Gasteiger partial charge in [0, 0.05) is 31.6 Å². The summed E-state index contributed by atoms with van der Waals surface area (Å²) in [6.45, 7) is 6.09. The summed E-state index contributed by atoms with van der Waals surface area (Å²) in [7, 11) is 0. The predicted octanol–water partition coefficient (Wildman–Crippen LogP) is 5.71. The van der Waals surface area contributed by atoms with Gasteiger partial charge >= 0.3 is 0 Å². The second-order valence-corrected chi connectivity index (χ2v) is 10.3. The fourth-order valence-electron chi connectivity index (χ4n) is 3.55. The van der Waals surface area contributed by atoms with E-state index in [1.165, 1.54) is 0 Å². The number of nitrogens with one attached hydrogen (secondary N) is 2. The van der Waals surface area contributed by atoms with E-state index >= 15 is 0 Å². The van der Waals surface area contributed by atoms with Gasteiger partial charge in [0.05, 0.1) is 6.67 Å². The van der Waals surface area contributed by atoms with E-state index in [0.29, 0.717) is 16.8 Å². The average Bonchev–Trinajstić information content (AvgIpc) is 2.78. The standard InChI is InChI=1S/C27H31IN4O2/c1-27(2,3)32-26(34)18-11-13-22(14-12-18)31-25(33)21-9-6-8-19(15-21)20-7-4-5-10-24(30-17-29)23(28)16-20/h6-9,11-16H,4-5,10,17,29H2,1-3H3,(H,31,33)(H,32,34)/b20-7+,23-16+,30-24+. The van der Waals surface area contributed by atoms with E-state index < -0.39 is 0 Å². The van der Waals surface area contributed by atoms with Gasteiger partial charge in [-0.1, -0.05) is 18.2 Å². The molecular formula is C27H31IN4O2. The summed E-state index contributed by atoms with van der Waals surface area (Å²) in [6, 6.07) is 14.5. The highest BCUT2D eigenvalue weighted by molar-refractivity contribution is 14.1. The van der Waals surface area contributed by atoms with Crippen molar-refractivity contribution in [1.29, 1.82) is 0 Å². The number of carbonyl (C=O) groups excluding carboxylic acids is 2. The summed E-state index contributed by atoms with van der Waals surface area (Å²) in [6.07, 6.45) is 7.16. The van der Waals surface area contributed by atoms with Crippen molar-refractivity contribution in [2.75, 3.05) is 12.0 Å². The summed E-state index contributed by atoms with van der Waals surface area (Å²) in [5.41, 5.74) is 10.1. The van der Waals surface area contributed by atoms with Crippen LogP contribution in [0.5, 0.6) is 0 Å². The van der Waals surface area contributed by atoms with E-state index in [1.807, 2.05) is 39.0 Å². The molecule has 6 nitrogen and oxygen atoms in total. The first-order valence-electron chi connectivity index (χ1n) is 11.3. The lowest BCUT2D eigenvalue weighted by Crippen LogP contribution is -2.40. The lowest BCUT2D eigenvalue weighted by molar-refractivity contribution is 0.0919. The molecule has 34 heavy (non-hydrogen) atoms. The van der Waals surface area contributed by atoms with Gasteiger partial charge in [0.25, 0.3) is 11.8 Å². The van der Waals surface area contributed by atoms with E-state index in [1.54, 1.807) is 30.3 Å². The molecule has 0 radical (unpaired) electrons. The number of aliphatic imine (C=N–C) groups is 1. The van der Waals surface area contributed by atoms with Crippen LogP contribution in [0.4, 0.5) is 5.69 Å². The molecule has 0 atom stereocenters. The fraction of sp³-hybridized carbons (Fsp3) is 0.296. The molecule has 1 aliphatic rings. The molecule has 7 heteroatoms. The zero-order valence-corrected chi connectivity index (χ0v) is 22.0. The van der Waals surface area contributed by atoms with Crippen LogP contribution in [0.2, 0.25) is 0 Å². The Morgan fingerprint density at radius 3 is 2.47 bits per heavy atom. The van der Waals surface area contributed by atoms with Crippen LogP contribution in [0.1, 0.15) is 66.3 Å². The normalized spacial score (nSPS) is 18.7. The van der Waals surface area contributed by atoms with Gasteiger partial charge in [-0.15, -0.1) is 0 Å². The molecule has 2 aromatic carbocycles. The van der Waals surface area contributed by atoms with Crippen LogP contribution in [0, 0.1) is 0 Å². The van der Waals surface area contributed by atoms with Crippen LogP contribution in [-0.2, 0) is 0 Å². The SMILES string of the molecule is CC(C)(C)NC(=O)c1ccc(NC(=O)c2cccc(C3=C/CCCC(=N\CN)/C(I)=C\3)c2)cc1. The molecule has 1 aliphatic carbocycles. The number of hydrogen-bond donors (Lipinski definition) is 3. The second-order valence-electron chi connectivity index (χ2n) is 9.15. The van der Waals surface area contributed by atoms with Gasteiger partial charge in [-0.2, -0.15) is 0 Å². The molecule has 178 valence electrons. The van der Waals surface area contributed by atoms with Crippen LogP contribution in [-0.4, -0.2) is 29.7 Å². The summed E-state index contributed by atoms with van der Waals surface area (Å²) in [4.78, 5) is 29.7. The molecular weight excluding hydrogens is 539 g/mol. The van der Waals surface area contributed by atoms with Crippen molar-refractivity contribution in [3.63, 3.8) is 0 Å². The highest BCUT2D eigenvalue weighted by Crippen LogP contribution is 2.27. The summed E-state index contributed by atoms with van der Waals surface area (Å²) < 4.78 is 1.07. The minimum atomic E-state index is -0.313. The van der Waals surface area contributed by atoms with E-state index in [0.717, 1.165) is 39.7 Å². The van der Waals surface area contributed by atoms with E-state index in [9.17, 15) is 9.59 Å². The monoisotopic (exact) mass is 570 g/mol. The summed E-state index contributed by atoms with van der Waals surface area (Å²) in [5.74, 6) is -0.350. The van der Waals surface area contributed by atoms with Crippen molar-refractivity contribution in [3.05, 3.63) is 81.0 Å². The summed E-state index contributed by atoms with van der Waals surface area (Å²) >= 11 is 2.30. The molecule has 0 fully saturated rings. The molecule has 0 saturated carbocycles. The van der Waals surface area contributed by atoms with Crippen LogP contribution in [0.3, 0.4) is 0 Å². The number of allylic oxidation sites excluding steroid dienone is 4. The largest absolute Gasteiger partial charge is 0.347 e. The number of hydrogen-bond acceptors (Lipinski definition) is 4. The van der Waals surface area contributed by atoms with Crippen molar-refractivity contribution in [3.8, 4) is 0 Å². The summed E-state index contributed by atoms with van der Waals surface area (Å²) in [5, 5.41) is 5.85. The van der Waals surface area contributed by atoms with Gasteiger partial charge in [0.15, 0.2) is 0 Å². The highest BCUT2D eigenvalue weighted by Gasteiger charge is 2.16. The van der Waals surface area contributed by atoms with Crippen LogP contribution in [0.15, 0.2) is 69.3 Å². The number of nitrogens with zero attached hydrogens (tertiary/aromatic N) is 1. The van der Waals surface area contributed by atoms with Gasteiger partial charge < -0.3 is 16.4 Å². The Kier molecular flexibility index (Phi) is 8.79. The molecule has 4 N–H and O–H groups in total. The number of benzene rings is 2. The number of rotatable bonds is 5. The highest BCUT2D eigenvalue weighted by atomic mass is 127. The Bertz CT molecular complexity index is 1140. The number of halogens is 1. The van der Waals surface area contributed by atoms with Gasteiger partial charge in [-0.25, -0.2) is 0 Å². The maximum Gasteiger partial charge on any atom is 0.255 e. The molecule has 0 bridgehead atoms. The van der Waals surface area contributed by atoms with Gasteiger partial charge in [-0.05, 0) is 116 Å². The molecule has 0 unspecified atom stereocenters. The minimum Gasteiger partial charge on any atom is -0.347 e. The number of carbonyl (C=O) groups is 2. The first kappa shape index (κ1) is 25.8. The first-order valence-corrected chi connectivity index (χ1v) is 12.4. The average molecular weight is 570 g/mol. The predicted molar refractivity (Wildman–Crippen MR) is 148 cm³/mol. The number of anilines is 1. The zero-order chi connectivity index (χ0) is 24.7. The maximum atomic E-state index is 12.9. The van der Waals surface area contributed by atoms with E-state index in [4.69, 9.17) is 5.73 Å². The lowest BCUT2D eigenvalue weighted by atomic mass is 9.97. The zero-order valence-electron chi connectivity index (χ0n) is 19.8. The molecule has 0 aromatic heterocycles. The second kappa shape index (κ2) is 11.6. The van der Waals surface area contributed by atoms with Gasteiger partial charge in [0.2, 0.25) is 0 Å². The quantitative estimate of drug-likeness (QED) is 0.402. The molecule has 3 rings (SSSR count). The van der Waals surface area contributed by atoms with Crippen molar-refractivity contribution >= 4 is 51.4 Å². The first-order chi connectivity index (χ1) is 16.2. The molecule has 0 heterocycles. The minimum absolute atomic E-state index is 0.145. The molecule has 0 spiro atoms. The molecule has 0 saturated heterocycles. The topological polar surface area (TPSA) is 96.6 Å². The Balaban J connectivity index is 1.75. The molecule has 0 aliphatic heterocycles. The molecule has 2 amide bonds. The van der Waals surface area contributed by atoms with Crippen LogP contribution in [0.25, 0.3) is 5.57 Å². The Morgan fingerprint density at radius 1 is 1.06 bits per heavy atom. The Hall–Kier alpha value is -2.78. The number of nitrogens with two attached hydrogens (primary N) is 1. The van der Waals surface area contributed by atoms with Crippen LogP contribution < -0.4 is 16.4 Å². The maximum absolute atomic E-state index is 12.9.